The van der Waals surface area contributed by atoms with Crippen LogP contribution in [0.25, 0.3) is 0 Å². The number of sulfonamides is 1. The molecule has 0 saturated carbocycles. The van der Waals surface area contributed by atoms with E-state index in [0.717, 1.165) is 4.47 Å². The molecule has 0 radical (unpaired) electrons. The summed E-state index contributed by atoms with van der Waals surface area (Å²) < 4.78 is 25.7. The molecule has 6 nitrogen and oxygen atoms in total. The summed E-state index contributed by atoms with van der Waals surface area (Å²) in [5, 5.41) is -0.0122. The molecule has 0 unspecified atom stereocenters. The predicted octanol–water partition coefficient (Wildman–Crippen LogP) is -0.0896. The first kappa shape index (κ1) is 11.2. The molecule has 0 N–H and O–H groups in total. The fourth-order valence-corrected chi connectivity index (χ4v) is 1.88. The summed E-state index contributed by atoms with van der Waals surface area (Å²) in [4.78, 5) is 8.52. The van der Waals surface area contributed by atoms with Crippen molar-refractivity contribution in [2.24, 2.45) is 7.05 Å². The van der Waals surface area contributed by atoms with Crippen LogP contribution in [0, 0.1) is 6.92 Å². The van der Waals surface area contributed by atoms with E-state index < -0.39 is 10.0 Å². The van der Waals surface area contributed by atoms with Gasteiger partial charge in [-0.3, -0.25) is 4.84 Å². The Labute approximate surface area is 83.1 Å². The first-order valence-corrected chi connectivity index (χ1v) is 5.36. The van der Waals surface area contributed by atoms with Gasteiger partial charge in [-0.15, -0.1) is 0 Å². The van der Waals surface area contributed by atoms with Crippen LogP contribution in [0.15, 0.2) is 11.2 Å². The molecule has 0 bridgehead atoms. The van der Waals surface area contributed by atoms with Crippen molar-refractivity contribution in [3.63, 3.8) is 0 Å². The molecule has 1 aromatic rings. The molecule has 0 spiro atoms. The number of aryl methyl sites for hydroxylation is 2. The Morgan fingerprint density at radius 1 is 1.57 bits per heavy atom. The Hall–Kier alpha value is -0.920. The highest BCUT2D eigenvalue weighted by atomic mass is 32.2. The van der Waals surface area contributed by atoms with Crippen LogP contribution in [0.2, 0.25) is 0 Å². The van der Waals surface area contributed by atoms with Crippen molar-refractivity contribution >= 4 is 10.0 Å². The van der Waals surface area contributed by atoms with E-state index in [4.69, 9.17) is 0 Å². The van der Waals surface area contributed by atoms with Gasteiger partial charge in [0, 0.05) is 20.3 Å². The second kappa shape index (κ2) is 3.68. The van der Waals surface area contributed by atoms with E-state index in [1.54, 1.807) is 18.5 Å². The molecular weight excluding hydrogens is 206 g/mol. The maximum Gasteiger partial charge on any atom is 0.283 e. The van der Waals surface area contributed by atoms with Crippen molar-refractivity contribution in [2.75, 3.05) is 14.2 Å². The van der Waals surface area contributed by atoms with Crippen LogP contribution in [0.5, 0.6) is 0 Å². The van der Waals surface area contributed by atoms with Gasteiger partial charge >= 0.3 is 0 Å². The van der Waals surface area contributed by atoms with Crippen molar-refractivity contribution < 1.29 is 13.3 Å². The minimum atomic E-state index is -3.61. The molecule has 0 aliphatic rings. The van der Waals surface area contributed by atoms with Gasteiger partial charge in [0.2, 0.25) is 0 Å². The minimum Gasteiger partial charge on any atom is -0.337 e. The smallest absolute Gasteiger partial charge is 0.283 e. The first-order valence-electron chi connectivity index (χ1n) is 3.92. The molecule has 14 heavy (non-hydrogen) atoms. The van der Waals surface area contributed by atoms with E-state index in [1.807, 2.05) is 0 Å². The lowest BCUT2D eigenvalue weighted by Gasteiger charge is -2.11. The standard InChI is InChI=1S/C7H13N3O3S/c1-6-8-7(5-9(6)2)14(11,12)10(3)13-4/h5H,1-4H3. The fourth-order valence-electron chi connectivity index (χ4n) is 0.880. The Morgan fingerprint density at radius 2 is 2.14 bits per heavy atom. The van der Waals surface area contributed by atoms with Gasteiger partial charge in [0.1, 0.15) is 5.82 Å². The number of rotatable bonds is 3. The van der Waals surface area contributed by atoms with Crippen LogP contribution < -0.4 is 0 Å². The third-order valence-corrected chi connectivity index (χ3v) is 3.50. The van der Waals surface area contributed by atoms with Gasteiger partial charge in [0.15, 0.2) is 5.03 Å². The third kappa shape index (κ3) is 1.79. The Bertz CT molecular complexity index is 404. The van der Waals surface area contributed by atoms with Crippen LogP contribution in [-0.2, 0) is 21.9 Å². The Morgan fingerprint density at radius 3 is 2.50 bits per heavy atom. The second-order valence-electron chi connectivity index (χ2n) is 2.83. The fraction of sp³-hybridized carbons (Fsp3) is 0.571. The second-order valence-corrected chi connectivity index (χ2v) is 4.72. The van der Waals surface area contributed by atoms with Gasteiger partial charge in [-0.25, -0.2) is 13.4 Å². The molecular formula is C7H13N3O3S. The van der Waals surface area contributed by atoms with Crippen LogP contribution in [0.3, 0.4) is 0 Å². The Balaban J connectivity index is 3.17. The highest BCUT2D eigenvalue weighted by Gasteiger charge is 2.24. The van der Waals surface area contributed by atoms with Gasteiger partial charge < -0.3 is 4.57 Å². The lowest BCUT2D eigenvalue weighted by Crippen LogP contribution is -2.26. The zero-order valence-electron chi connectivity index (χ0n) is 8.55. The monoisotopic (exact) mass is 219 g/mol. The van der Waals surface area contributed by atoms with E-state index in [0.29, 0.717) is 5.82 Å². The number of hydroxylamine groups is 1. The maximum atomic E-state index is 11.7. The molecule has 0 amide bonds. The lowest BCUT2D eigenvalue weighted by molar-refractivity contribution is -0.0260. The zero-order valence-corrected chi connectivity index (χ0v) is 9.37. The van der Waals surface area contributed by atoms with Gasteiger partial charge in [0.25, 0.3) is 10.0 Å². The molecule has 1 heterocycles. The van der Waals surface area contributed by atoms with Crippen LogP contribution in [-0.4, -0.2) is 36.6 Å². The quantitative estimate of drug-likeness (QED) is 0.666. The molecule has 1 aromatic heterocycles. The van der Waals surface area contributed by atoms with Crippen molar-refractivity contribution in [3.05, 3.63) is 12.0 Å². The summed E-state index contributed by atoms with van der Waals surface area (Å²) in [5.41, 5.74) is 0. The highest BCUT2D eigenvalue weighted by molar-refractivity contribution is 7.88. The molecule has 0 atom stereocenters. The molecule has 1 rings (SSSR count). The summed E-state index contributed by atoms with van der Waals surface area (Å²) in [6, 6.07) is 0. The van der Waals surface area contributed by atoms with Gasteiger partial charge in [0.05, 0.1) is 7.11 Å². The summed E-state index contributed by atoms with van der Waals surface area (Å²) in [7, 11) is 0.723. The summed E-state index contributed by atoms with van der Waals surface area (Å²) in [5.74, 6) is 0.632. The molecule has 0 aliphatic heterocycles. The van der Waals surface area contributed by atoms with E-state index in [1.165, 1.54) is 20.4 Å². The van der Waals surface area contributed by atoms with E-state index in [-0.39, 0.29) is 5.03 Å². The SMILES string of the molecule is CON(C)S(=O)(=O)c1cn(C)c(C)n1. The summed E-state index contributed by atoms with van der Waals surface area (Å²) >= 11 is 0. The maximum absolute atomic E-state index is 11.7. The predicted molar refractivity (Wildman–Crippen MR) is 49.9 cm³/mol. The third-order valence-electron chi connectivity index (χ3n) is 1.95. The number of imidazole rings is 1. The lowest BCUT2D eigenvalue weighted by atomic mass is 10.7. The van der Waals surface area contributed by atoms with Crippen molar-refractivity contribution in [3.8, 4) is 0 Å². The molecule has 80 valence electrons. The van der Waals surface area contributed by atoms with Crippen LogP contribution in [0.4, 0.5) is 0 Å². The highest BCUT2D eigenvalue weighted by Crippen LogP contribution is 2.12. The van der Waals surface area contributed by atoms with E-state index in [2.05, 4.69) is 9.82 Å². The number of nitrogens with zero attached hydrogens (tertiary/aromatic N) is 3. The first-order chi connectivity index (χ1) is 6.39. The van der Waals surface area contributed by atoms with Crippen LogP contribution in [0.1, 0.15) is 5.82 Å². The topological polar surface area (TPSA) is 64.4 Å². The minimum absolute atomic E-state index is 0.0122. The van der Waals surface area contributed by atoms with E-state index in [9.17, 15) is 8.42 Å². The zero-order chi connectivity index (χ0) is 10.9. The largest absolute Gasteiger partial charge is 0.337 e. The van der Waals surface area contributed by atoms with E-state index >= 15 is 0 Å². The van der Waals surface area contributed by atoms with Crippen LogP contribution >= 0.6 is 0 Å². The van der Waals surface area contributed by atoms with Crippen molar-refractivity contribution in [2.45, 2.75) is 11.9 Å². The normalized spacial score (nSPS) is 12.4. The molecule has 7 heteroatoms. The van der Waals surface area contributed by atoms with Gasteiger partial charge in [-0.05, 0) is 6.92 Å². The molecule has 0 saturated heterocycles. The Kier molecular flexibility index (Phi) is 2.93. The molecule has 0 fully saturated rings. The van der Waals surface area contributed by atoms with Crippen molar-refractivity contribution in [1.29, 1.82) is 0 Å². The summed E-state index contributed by atoms with van der Waals surface area (Å²) in [6.45, 7) is 1.73. The summed E-state index contributed by atoms with van der Waals surface area (Å²) in [6.07, 6.45) is 1.44. The van der Waals surface area contributed by atoms with Crippen molar-refractivity contribution in [1.82, 2.24) is 14.0 Å². The number of hydrogen-bond donors (Lipinski definition) is 0. The number of aromatic nitrogens is 2. The molecule has 0 aromatic carbocycles. The average Bonchev–Trinajstić information content (AvgIpc) is 2.46. The number of hydrogen-bond acceptors (Lipinski definition) is 4. The molecule has 0 aliphatic carbocycles. The average molecular weight is 219 g/mol. The van der Waals surface area contributed by atoms with Gasteiger partial charge in [-0.2, -0.15) is 0 Å². The van der Waals surface area contributed by atoms with Gasteiger partial charge in [-0.1, -0.05) is 4.47 Å².